The van der Waals surface area contributed by atoms with Crippen molar-refractivity contribution in [1.29, 1.82) is 0 Å². The zero-order chi connectivity index (χ0) is 26.5. The highest BCUT2D eigenvalue weighted by atomic mass is 32.2. The molecule has 11 heteroatoms. The second-order valence-electron chi connectivity index (χ2n) is 9.06. The molecular weight excluding hydrogens is 526 g/mol. The molecule has 0 bridgehead atoms. The van der Waals surface area contributed by atoms with Gasteiger partial charge in [0, 0.05) is 42.7 Å². The molecule has 1 N–H and O–H groups in total. The van der Waals surface area contributed by atoms with Gasteiger partial charge in [0.1, 0.15) is 21.9 Å². The van der Waals surface area contributed by atoms with E-state index in [-0.39, 0.29) is 23.9 Å². The Morgan fingerprint density at radius 1 is 1.11 bits per heavy atom. The van der Waals surface area contributed by atoms with E-state index >= 15 is 0 Å². The molecule has 1 saturated heterocycles. The first-order valence-electron chi connectivity index (χ1n) is 12.5. The molecule has 38 heavy (non-hydrogen) atoms. The quantitative estimate of drug-likeness (QED) is 0.196. The van der Waals surface area contributed by atoms with Crippen LogP contribution in [0, 0.1) is 6.92 Å². The number of aromatic nitrogens is 2. The number of phenolic OH excluding ortho intramolecular Hbond substituents is 1. The number of nitrogens with zero attached hydrogens (tertiary/aromatic N) is 3. The van der Waals surface area contributed by atoms with Crippen LogP contribution in [0.15, 0.2) is 51.9 Å². The van der Waals surface area contributed by atoms with Crippen LogP contribution >= 0.6 is 11.3 Å². The monoisotopic (exact) mass is 555 g/mol. The number of rotatable bonds is 10. The van der Waals surface area contributed by atoms with Crippen molar-refractivity contribution in [2.75, 3.05) is 31.2 Å². The zero-order valence-corrected chi connectivity index (χ0v) is 22.6. The molecule has 0 radical (unpaired) electrons. The number of hydrogen-bond donors (Lipinski definition) is 1. The average Bonchev–Trinajstić information content (AvgIpc) is 3.54. The van der Waals surface area contributed by atoms with Gasteiger partial charge in [-0.05, 0) is 62.1 Å². The molecule has 4 aromatic rings. The van der Waals surface area contributed by atoms with Gasteiger partial charge in [-0.1, -0.05) is 17.4 Å². The molecule has 3 heterocycles. The van der Waals surface area contributed by atoms with Crippen LogP contribution in [0.2, 0.25) is 0 Å². The van der Waals surface area contributed by atoms with Gasteiger partial charge < -0.3 is 19.2 Å². The van der Waals surface area contributed by atoms with E-state index in [9.17, 15) is 13.5 Å². The van der Waals surface area contributed by atoms with Crippen LogP contribution in [0.5, 0.6) is 11.5 Å². The summed E-state index contributed by atoms with van der Waals surface area (Å²) < 4.78 is 41.3. The highest BCUT2D eigenvalue weighted by molar-refractivity contribution is 7.86. The van der Waals surface area contributed by atoms with Gasteiger partial charge in [0.25, 0.3) is 0 Å². The molecular formula is C27H29N3O6S2. The maximum atomic E-state index is 12.3. The third-order valence-electron chi connectivity index (χ3n) is 6.08. The number of anilines is 1. The smallest absolute Gasteiger partial charge is 0.300 e. The van der Waals surface area contributed by atoms with E-state index in [4.69, 9.17) is 13.3 Å². The van der Waals surface area contributed by atoms with Gasteiger partial charge in [-0.3, -0.25) is 4.18 Å². The molecule has 2 aromatic heterocycles. The van der Waals surface area contributed by atoms with Crippen molar-refractivity contribution in [2.24, 2.45) is 0 Å². The van der Waals surface area contributed by atoms with Crippen LogP contribution in [0.4, 0.5) is 5.13 Å². The molecule has 0 unspecified atom stereocenters. The first-order chi connectivity index (χ1) is 18.4. The Morgan fingerprint density at radius 3 is 2.76 bits per heavy atom. The van der Waals surface area contributed by atoms with Gasteiger partial charge >= 0.3 is 10.1 Å². The Bertz CT molecular complexity index is 1540. The molecule has 0 atom stereocenters. The maximum absolute atomic E-state index is 12.3. The minimum absolute atomic E-state index is 0.0772. The van der Waals surface area contributed by atoms with Crippen molar-refractivity contribution in [3.63, 3.8) is 0 Å². The second-order valence-corrected chi connectivity index (χ2v) is 11.7. The van der Waals surface area contributed by atoms with Crippen LogP contribution in [0.25, 0.3) is 23.3 Å². The van der Waals surface area contributed by atoms with Gasteiger partial charge in [0.15, 0.2) is 10.7 Å². The lowest BCUT2D eigenvalue weighted by atomic mass is 10.1. The number of phenols is 1. The maximum Gasteiger partial charge on any atom is 0.300 e. The Balaban J connectivity index is 1.12. The number of oxazole rings is 1. The van der Waals surface area contributed by atoms with Crippen LogP contribution in [-0.2, 0) is 14.3 Å². The molecule has 0 amide bonds. The number of aromatic hydroxyl groups is 1. The summed E-state index contributed by atoms with van der Waals surface area (Å²) in [5, 5.41) is 11.0. The van der Waals surface area contributed by atoms with E-state index < -0.39 is 10.1 Å². The zero-order valence-electron chi connectivity index (χ0n) is 21.0. The van der Waals surface area contributed by atoms with E-state index in [1.165, 1.54) is 31.4 Å². The highest BCUT2D eigenvalue weighted by Crippen LogP contribution is 2.28. The summed E-state index contributed by atoms with van der Waals surface area (Å²) in [7, 11) is -4.05. The summed E-state index contributed by atoms with van der Waals surface area (Å²) in [6.07, 6.45) is 9.72. The van der Waals surface area contributed by atoms with Crippen LogP contribution in [-0.4, -0.2) is 49.8 Å². The lowest BCUT2D eigenvalue weighted by Crippen LogP contribution is -2.29. The van der Waals surface area contributed by atoms with E-state index in [0.717, 1.165) is 28.7 Å². The summed E-state index contributed by atoms with van der Waals surface area (Å²) in [4.78, 5) is 12.2. The molecule has 0 saturated carbocycles. The third-order valence-corrected chi connectivity index (χ3v) is 8.47. The van der Waals surface area contributed by atoms with Gasteiger partial charge in [0.2, 0.25) is 5.89 Å². The minimum atomic E-state index is -4.05. The molecule has 1 aliphatic rings. The second kappa shape index (κ2) is 11.5. The summed E-state index contributed by atoms with van der Waals surface area (Å²) in [6, 6.07) is 9.67. The molecule has 200 valence electrons. The molecule has 2 aromatic carbocycles. The molecule has 0 spiro atoms. The van der Waals surface area contributed by atoms with E-state index in [1.807, 2.05) is 24.4 Å². The molecule has 1 aliphatic heterocycles. The molecule has 0 aliphatic carbocycles. The van der Waals surface area contributed by atoms with Gasteiger partial charge in [-0.15, -0.1) is 0 Å². The Labute approximate surface area is 225 Å². The van der Waals surface area contributed by atoms with Crippen molar-refractivity contribution in [1.82, 2.24) is 9.97 Å². The first-order valence-corrected chi connectivity index (χ1v) is 14.7. The molecule has 1 fully saturated rings. The van der Waals surface area contributed by atoms with Crippen LogP contribution < -0.4 is 9.64 Å². The van der Waals surface area contributed by atoms with Crippen molar-refractivity contribution < 1.29 is 26.9 Å². The highest BCUT2D eigenvalue weighted by Gasteiger charge is 2.19. The number of fused-ring (bicyclic) bond motifs is 1. The number of hydrogen-bond acceptors (Lipinski definition) is 10. The normalized spacial score (nSPS) is 14.5. The fourth-order valence-electron chi connectivity index (χ4n) is 4.14. The van der Waals surface area contributed by atoms with E-state index in [2.05, 4.69) is 14.9 Å². The van der Waals surface area contributed by atoms with Gasteiger partial charge in [-0.25, -0.2) is 9.97 Å². The van der Waals surface area contributed by atoms with Gasteiger partial charge in [0.05, 0.1) is 13.2 Å². The van der Waals surface area contributed by atoms with Crippen molar-refractivity contribution in [3.8, 4) is 11.5 Å². The molecule has 5 rings (SSSR count). The average molecular weight is 556 g/mol. The third kappa shape index (κ3) is 6.35. The number of thiazole rings is 1. The fourth-order valence-corrected chi connectivity index (χ4v) is 6.03. The SMILES string of the molecule is Cc1ccc(S(=O)(=O)OCCCOc2ccc3nc(C=Cc4cnc(N5CCCCC5)s4)oc3c2)c(O)c1. The largest absolute Gasteiger partial charge is 0.506 e. The Hall–Kier alpha value is -3.41. The summed E-state index contributed by atoms with van der Waals surface area (Å²) in [5.74, 6) is 0.741. The summed E-state index contributed by atoms with van der Waals surface area (Å²) >= 11 is 1.66. The van der Waals surface area contributed by atoms with Crippen molar-refractivity contribution in [2.45, 2.75) is 37.5 Å². The lowest BCUT2D eigenvalue weighted by molar-refractivity contribution is 0.250. The lowest BCUT2D eigenvalue weighted by Gasteiger charge is -2.25. The summed E-state index contributed by atoms with van der Waals surface area (Å²) in [6.45, 7) is 4.06. The molecule has 9 nitrogen and oxygen atoms in total. The number of benzene rings is 2. The van der Waals surface area contributed by atoms with Crippen molar-refractivity contribution >= 4 is 49.8 Å². The summed E-state index contributed by atoms with van der Waals surface area (Å²) in [5.41, 5.74) is 2.06. The topological polar surface area (TPSA) is 115 Å². The van der Waals surface area contributed by atoms with Gasteiger partial charge in [-0.2, -0.15) is 8.42 Å². The first kappa shape index (κ1) is 26.2. The van der Waals surface area contributed by atoms with E-state index in [0.29, 0.717) is 29.2 Å². The predicted molar refractivity (Wildman–Crippen MR) is 147 cm³/mol. The minimum Gasteiger partial charge on any atom is -0.506 e. The van der Waals surface area contributed by atoms with Crippen LogP contribution in [0.1, 0.15) is 42.0 Å². The number of aryl methyl sites for hydroxylation is 1. The number of piperidine rings is 1. The fraction of sp³-hybridized carbons (Fsp3) is 0.333. The number of ether oxygens (including phenoxy) is 1. The predicted octanol–water partition coefficient (Wildman–Crippen LogP) is 5.63. The standard InChI is InChI=1S/C27H29N3O6S2/c1-19-6-10-25(23(31)16-19)38(32,33)35-15-5-14-34-20-7-9-22-24(17-20)36-26(29-22)11-8-21-18-28-27(37-21)30-12-3-2-4-13-30/h6-11,16-18,31H,2-5,12-15H2,1H3. The van der Waals surface area contributed by atoms with Crippen LogP contribution in [0.3, 0.4) is 0 Å². The Kier molecular flexibility index (Phi) is 7.96. The Morgan fingerprint density at radius 2 is 1.95 bits per heavy atom. The van der Waals surface area contributed by atoms with E-state index in [1.54, 1.807) is 36.5 Å². The van der Waals surface area contributed by atoms with Crippen molar-refractivity contribution in [3.05, 3.63) is 58.9 Å².